The van der Waals surface area contributed by atoms with Crippen LogP contribution in [0.1, 0.15) is 27.7 Å². The predicted molar refractivity (Wildman–Crippen MR) is 75.5 cm³/mol. The lowest BCUT2D eigenvalue weighted by atomic mass is 9.78. The van der Waals surface area contributed by atoms with E-state index in [9.17, 15) is 23.3 Å². The van der Waals surface area contributed by atoms with Crippen LogP contribution in [0, 0.1) is 10.1 Å². The summed E-state index contributed by atoms with van der Waals surface area (Å²) in [6, 6.07) is 2.83. The molecule has 0 radical (unpaired) electrons. The number of halogens is 3. The minimum Gasteiger partial charge on any atom is -0.406 e. The van der Waals surface area contributed by atoms with Gasteiger partial charge in [-0.05, 0) is 33.8 Å². The molecule has 1 aliphatic rings. The first-order valence-corrected chi connectivity index (χ1v) is 6.72. The summed E-state index contributed by atoms with van der Waals surface area (Å²) in [5.41, 5.74) is -1.99. The number of rotatable bonds is 3. The molecule has 0 aliphatic carbocycles. The summed E-state index contributed by atoms with van der Waals surface area (Å²) in [5, 5.41) is 11.2. The van der Waals surface area contributed by atoms with Crippen LogP contribution >= 0.6 is 0 Å². The second-order valence-corrected chi connectivity index (χ2v) is 6.11. The highest BCUT2D eigenvalue weighted by Gasteiger charge is 2.53. The van der Waals surface area contributed by atoms with Gasteiger partial charge in [-0.15, -0.1) is 13.2 Å². The molecule has 1 aromatic rings. The highest BCUT2D eigenvalue weighted by atomic mass is 19.4. The normalized spacial score (nSPS) is 19.7. The second kappa shape index (κ2) is 5.38. The molecule has 0 N–H and O–H groups in total. The van der Waals surface area contributed by atoms with Crippen molar-refractivity contribution in [2.45, 2.75) is 45.3 Å². The van der Waals surface area contributed by atoms with Crippen molar-refractivity contribution < 1.29 is 32.1 Å². The number of hydrogen-bond donors (Lipinski definition) is 0. The van der Waals surface area contributed by atoms with Gasteiger partial charge in [-0.25, -0.2) is 0 Å². The Balaban J connectivity index is 2.39. The van der Waals surface area contributed by atoms with Crippen molar-refractivity contribution in [3.8, 4) is 5.75 Å². The number of nitrogens with zero attached hydrogens (tertiary/aromatic N) is 1. The summed E-state index contributed by atoms with van der Waals surface area (Å²) in [7, 11) is -1.06. The molecule has 126 valence electrons. The Morgan fingerprint density at radius 2 is 1.70 bits per heavy atom. The molecule has 0 saturated carbocycles. The van der Waals surface area contributed by atoms with E-state index in [-0.39, 0.29) is 5.46 Å². The van der Waals surface area contributed by atoms with E-state index in [1.165, 1.54) is 0 Å². The van der Waals surface area contributed by atoms with Gasteiger partial charge in [0.2, 0.25) is 0 Å². The number of alkyl halides is 3. The molecule has 10 heteroatoms. The van der Waals surface area contributed by atoms with Crippen molar-refractivity contribution in [1.82, 2.24) is 0 Å². The molecule has 0 bridgehead atoms. The summed E-state index contributed by atoms with van der Waals surface area (Å²) < 4.78 is 51.8. The Labute approximate surface area is 130 Å². The lowest BCUT2D eigenvalue weighted by molar-refractivity contribution is -0.384. The Hall–Kier alpha value is -1.81. The summed E-state index contributed by atoms with van der Waals surface area (Å²) in [6.07, 6.45) is -4.93. The molecule has 1 heterocycles. The summed E-state index contributed by atoms with van der Waals surface area (Å²) in [4.78, 5) is 10.4. The zero-order valence-electron chi connectivity index (χ0n) is 12.9. The van der Waals surface area contributed by atoms with Crippen LogP contribution in [-0.4, -0.2) is 29.6 Å². The monoisotopic (exact) mass is 333 g/mol. The van der Waals surface area contributed by atoms with Crippen LogP contribution in [0.4, 0.5) is 18.9 Å². The van der Waals surface area contributed by atoms with E-state index in [2.05, 4.69) is 4.74 Å². The number of hydrogen-bond acceptors (Lipinski definition) is 5. The molecule has 2 rings (SSSR count). The first-order chi connectivity index (χ1) is 10.3. The second-order valence-electron chi connectivity index (χ2n) is 6.11. The number of ether oxygens (including phenoxy) is 1. The minimum atomic E-state index is -4.93. The Morgan fingerprint density at radius 1 is 1.17 bits per heavy atom. The van der Waals surface area contributed by atoms with Crippen LogP contribution in [0.15, 0.2) is 18.2 Å². The van der Waals surface area contributed by atoms with E-state index in [4.69, 9.17) is 9.31 Å². The van der Waals surface area contributed by atoms with Gasteiger partial charge in [0.15, 0.2) is 0 Å². The molecule has 0 spiro atoms. The van der Waals surface area contributed by atoms with Crippen LogP contribution < -0.4 is 10.2 Å². The standard InChI is InChI=1S/C13H15BF3NO5/c1-11(2)12(3,4)23-14(22-11)9-6-5-8(21-13(15,16)17)7-10(9)18(19)20/h5-7H,1-4H3. The highest BCUT2D eigenvalue weighted by Crippen LogP contribution is 2.37. The molecule has 0 amide bonds. The Kier molecular flexibility index (Phi) is 4.10. The number of nitro benzene ring substituents is 1. The van der Waals surface area contributed by atoms with Crippen LogP contribution in [-0.2, 0) is 9.31 Å². The molecule has 0 unspecified atom stereocenters. The van der Waals surface area contributed by atoms with Crippen molar-refractivity contribution >= 4 is 18.3 Å². The van der Waals surface area contributed by atoms with Gasteiger partial charge in [0, 0.05) is 0 Å². The SMILES string of the molecule is CC1(C)OB(c2ccc(OC(F)(F)F)cc2[N+](=O)[O-])OC1(C)C. The third-order valence-electron chi connectivity index (χ3n) is 3.94. The van der Waals surface area contributed by atoms with E-state index in [0.29, 0.717) is 6.07 Å². The number of nitro groups is 1. The van der Waals surface area contributed by atoms with Crippen LogP contribution in [0.2, 0.25) is 0 Å². The van der Waals surface area contributed by atoms with Gasteiger partial charge >= 0.3 is 13.5 Å². The van der Waals surface area contributed by atoms with Crippen molar-refractivity contribution in [3.63, 3.8) is 0 Å². The topological polar surface area (TPSA) is 70.8 Å². The summed E-state index contributed by atoms with van der Waals surface area (Å²) in [6.45, 7) is 7.06. The third-order valence-corrected chi connectivity index (χ3v) is 3.94. The van der Waals surface area contributed by atoms with E-state index < -0.39 is 41.0 Å². The Bertz CT molecular complexity index is 617. The summed E-state index contributed by atoms with van der Waals surface area (Å²) >= 11 is 0. The fraction of sp³-hybridized carbons (Fsp3) is 0.538. The van der Waals surface area contributed by atoms with Crippen molar-refractivity contribution in [2.75, 3.05) is 0 Å². The first-order valence-electron chi connectivity index (χ1n) is 6.72. The molecular weight excluding hydrogens is 318 g/mol. The van der Waals surface area contributed by atoms with Gasteiger partial charge in [0.1, 0.15) is 5.75 Å². The molecule has 1 aromatic carbocycles. The maximum absolute atomic E-state index is 12.2. The average Bonchev–Trinajstić information content (AvgIpc) is 2.56. The Morgan fingerprint density at radius 3 is 2.13 bits per heavy atom. The molecule has 0 atom stereocenters. The van der Waals surface area contributed by atoms with Crippen LogP contribution in [0.25, 0.3) is 0 Å². The lowest BCUT2D eigenvalue weighted by Crippen LogP contribution is -2.41. The average molecular weight is 333 g/mol. The van der Waals surface area contributed by atoms with E-state index in [1.807, 2.05) is 0 Å². The molecule has 23 heavy (non-hydrogen) atoms. The zero-order chi connectivity index (χ0) is 17.6. The largest absolute Gasteiger partial charge is 0.573 e. The molecule has 1 aliphatic heterocycles. The fourth-order valence-electron chi connectivity index (χ4n) is 2.05. The quantitative estimate of drug-likeness (QED) is 0.483. The highest BCUT2D eigenvalue weighted by molar-refractivity contribution is 6.63. The van der Waals surface area contributed by atoms with Crippen molar-refractivity contribution in [1.29, 1.82) is 0 Å². The molecular formula is C13H15BF3NO5. The van der Waals surface area contributed by atoms with Gasteiger partial charge < -0.3 is 14.0 Å². The van der Waals surface area contributed by atoms with Crippen LogP contribution in [0.5, 0.6) is 5.75 Å². The van der Waals surface area contributed by atoms with E-state index in [0.717, 1.165) is 12.1 Å². The van der Waals surface area contributed by atoms with Gasteiger partial charge in [-0.1, -0.05) is 6.07 Å². The fourth-order valence-corrected chi connectivity index (χ4v) is 2.05. The van der Waals surface area contributed by atoms with E-state index >= 15 is 0 Å². The van der Waals surface area contributed by atoms with Gasteiger partial charge in [0.05, 0.1) is 27.7 Å². The maximum atomic E-state index is 12.2. The number of benzene rings is 1. The predicted octanol–water partition coefficient (Wildman–Crippen LogP) is 2.79. The van der Waals surface area contributed by atoms with Gasteiger partial charge in [0.25, 0.3) is 5.69 Å². The van der Waals surface area contributed by atoms with Crippen LogP contribution in [0.3, 0.4) is 0 Å². The zero-order valence-corrected chi connectivity index (χ0v) is 12.9. The van der Waals surface area contributed by atoms with E-state index in [1.54, 1.807) is 27.7 Å². The van der Waals surface area contributed by atoms with Gasteiger partial charge in [-0.3, -0.25) is 10.1 Å². The van der Waals surface area contributed by atoms with Gasteiger partial charge in [-0.2, -0.15) is 0 Å². The molecule has 6 nitrogen and oxygen atoms in total. The van der Waals surface area contributed by atoms with Crippen molar-refractivity contribution in [3.05, 3.63) is 28.3 Å². The lowest BCUT2D eigenvalue weighted by Gasteiger charge is -2.32. The molecule has 1 fully saturated rings. The minimum absolute atomic E-state index is 0.0307. The summed E-state index contributed by atoms with van der Waals surface area (Å²) in [5.74, 6) is -0.676. The molecule has 1 saturated heterocycles. The third kappa shape index (κ3) is 3.58. The smallest absolute Gasteiger partial charge is 0.406 e. The maximum Gasteiger partial charge on any atom is 0.573 e. The van der Waals surface area contributed by atoms with Crippen molar-refractivity contribution in [2.24, 2.45) is 0 Å². The first kappa shape index (κ1) is 17.5. The molecule has 0 aromatic heterocycles.